The van der Waals surface area contributed by atoms with Gasteiger partial charge in [-0.15, -0.1) is 12.3 Å². The van der Waals surface area contributed by atoms with Crippen molar-refractivity contribution in [1.29, 1.82) is 0 Å². The van der Waals surface area contributed by atoms with E-state index in [0.29, 0.717) is 19.4 Å². The highest BCUT2D eigenvalue weighted by atomic mass is 16.7. The lowest BCUT2D eigenvalue weighted by atomic mass is 9.73. The molecule has 3 rings (SSSR count). The van der Waals surface area contributed by atoms with E-state index in [4.69, 9.17) is 34.8 Å². The molecule has 0 saturated carbocycles. The molecule has 3 aliphatic rings. The molecule has 0 aromatic carbocycles. The van der Waals surface area contributed by atoms with Crippen molar-refractivity contribution in [3.63, 3.8) is 0 Å². The fraction of sp³-hybridized carbons (Fsp3) is 0.900. The van der Waals surface area contributed by atoms with Crippen molar-refractivity contribution in [3.05, 3.63) is 0 Å². The number of hydrogen-bond donors (Lipinski definition) is 6. The predicted octanol–water partition coefficient (Wildman–Crippen LogP) is 2.44. The second kappa shape index (κ2) is 19.2. The van der Waals surface area contributed by atoms with Gasteiger partial charge in [-0.3, -0.25) is 9.69 Å². The Morgan fingerprint density at radius 3 is 2.18 bits per heavy atom. The quantitative estimate of drug-likeness (QED) is 0.0859. The van der Waals surface area contributed by atoms with E-state index in [1.54, 1.807) is 55.4 Å². The van der Waals surface area contributed by atoms with Gasteiger partial charge in [0.1, 0.15) is 23.9 Å². The predicted molar refractivity (Wildman–Crippen MR) is 203 cm³/mol. The standard InChI is InChI=1S/C40H70N2O13/c1-14-16-17-42(12)27-18-22(4)51-37(31(27)43)55-35-24(6)32(54-29-20-39(10,50-13)34(45)26(8)52-29)25(7)36(46)53-28(15-2)40(11,48)33(44)23(5)30(41-49)21(3)19-38(35,9)47/h1,21-29,31-35,37,43-45,47-49H,15-20H2,2-13H3/b41-30+/t21-,22-,23+,24+,25-,26+,27+,28-,29+,31-,32?,33-,34+,35-,37+,38-,39-,40-/m1/s1. The Morgan fingerprint density at radius 2 is 1.62 bits per heavy atom. The molecule has 15 nitrogen and oxygen atoms in total. The highest BCUT2D eigenvalue weighted by Gasteiger charge is 2.53. The largest absolute Gasteiger partial charge is 0.459 e. The van der Waals surface area contributed by atoms with Crippen molar-refractivity contribution in [3.8, 4) is 12.3 Å². The first-order valence-corrected chi connectivity index (χ1v) is 19.7. The SMILES string of the molecule is C#CCCN(C)[C@H]1C[C@@H](C)O[C@@H](O[C@@H]2[C@@H](C)C(O[C@H]3C[C@@](C)(OC)[C@@H](O)[C@H](C)O3)[C@@H](C)C(=O)O[C@H](CC)[C@@](C)(O)[C@H](O)[C@@H](C)/C(=N/O)[C@H](C)C[C@@]2(C)O)[C@@H]1O. The lowest BCUT2D eigenvalue weighted by Gasteiger charge is -2.49. The fourth-order valence-electron chi connectivity index (χ4n) is 8.94. The van der Waals surface area contributed by atoms with Crippen LogP contribution in [0.4, 0.5) is 0 Å². The van der Waals surface area contributed by atoms with Crippen LogP contribution >= 0.6 is 0 Å². The number of esters is 1. The number of terminal acetylenes is 1. The molecule has 318 valence electrons. The zero-order valence-corrected chi connectivity index (χ0v) is 34.9. The lowest BCUT2D eigenvalue weighted by Crippen LogP contribution is -2.61. The Morgan fingerprint density at radius 1 is 0.982 bits per heavy atom. The van der Waals surface area contributed by atoms with E-state index in [-0.39, 0.29) is 31.1 Å². The number of rotatable bonds is 9. The van der Waals surface area contributed by atoms with E-state index >= 15 is 0 Å². The molecule has 3 heterocycles. The molecule has 3 saturated heterocycles. The zero-order valence-electron chi connectivity index (χ0n) is 34.9. The van der Waals surface area contributed by atoms with Crippen LogP contribution in [0.5, 0.6) is 0 Å². The summed E-state index contributed by atoms with van der Waals surface area (Å²) in [5.74, 6) is -1.71. The van der Waals surface area contributed by atoms with Gasteiger partial charge in [0.2, 0.25) is 0 Å². The fourth-order valence-corrected chi connectivity index (χ4v) is 8.94. The van der Waals surface area contributed by atoms with Crippen LogP contribution in [0.3, 0.4) is 0 Å². The number of aliphatic hydroxyl groups is 5. The van der Waals surface area contributed by atoms with Gasteiger partial charge >= 0.3 is 5.97 Å². The maximum absolute atomic E-state index is 14.2. The molecule has 18 atom stereocenters. The van der Waals surface area contributed by atoms with Gasteiger partial charge in [-0.25, -0.2) is 0 Å². The molecule has 3 fully saturated rings. The molecule has 0 amide bonds. The monoisotopic (exact) mass is 786 g/mol. The minimum atomic E-state index is -1.98. The first-order chi connectivity index (χ1) is 25.5. The lowest BCUT2D eigenvalue weighted by molar-refractivity contribution is -0.318. The Balaban J connectivity index is 2.21. The van der Waals surface area contributed by atoms with E-state index < -0.39 is 108 Å². The highest BCUT2D eigenvalue weighted by molar-refractivity contribution is 5.88. The Kier molecular flexibility index (Phi) is 16.6. The molecule has 0 radical (unpaired) electrons. The summed E-state index contributed by atoms with van der Waals surface area (Å²) in [5, 5.41) is 72.3. The van der Waals surface area contributed by atoms with Crippen LogP contribution in [-0.4, -0.2) is 152 Å². The number of carbonyl (C=O) groups is 1. The van der Waals surface area contributed by atoms with Gasteiger partial charge in [-0.1, -0.05) is 32.9 Å². The third-order valence-electron chi connectivity index (χ3n) is 12.5. The summed E-state index contributed by atoms with van der Waals surface area (Å²) in [6, 6.07) is -0.398. The van der Waals surface area contributed by atoms with E-state index in [9.17, 15) is 35.5 Å². The van der Waals surface area contributed by atoms with Gasteiger partial charge in [-0.2, -0.15) is 0 Å². The average Bonchev–Trinajstić information content (AvgIpc) is 3.12. The van der Waals surface area contributed by atoms with E-state index in [2.05, 4.69) is 11.1 Å². The van der Waals surface area contributed by atoms with Gasteiger partial charge in [0, 0.05) is 50.3 Å². The minimum Gasteiger partial charge on any atom is -0.459 e. The van der Waals surface area contributed by atoms with Gasteiger partial charge in [0.05, 0.1) is 53.4 Å². The van der Waals surface area contributed by atoms with Crippen molar-refractivity contribution < 1.29 is 64.0 Å². The van der Waals surface area contributed by atoms with Crippen LogP contribution < -0.4 is 0 Å². The molecule has 0 aromatic rings. The molecule has 0 bridgehead atoms. The molecule has 6 N–H and O–H groups in total. The molecule has 0 aliphatic carbocycles. The highest BCUT2D eigenvalue weighted by Crippen LogP contribution is 2.41. The smallest absolute Gasteiger partial charge is 0.311 e. The maximum atomic E-state index is 14.2. The number of likely N-dealkylation sites (N-methyl/N-ethyl adjacent to an activating group) is 1. The first kappa shape index (κ1) is 47.4. The normalized spacial score (nSPS) is 47.5. The van der Waals surface area contributed by atoms with Crippen LogP contribution in [-0.2, 0) is 33.2 Å². The van der Waals surface area contributed by atoms with Gasteiger partial charge in [0.15, 0.2) is 12.6 Å². The van der Waals surface area contributed by atoms with Crippen LogP contribution in [0, 0.1) is 36.0 Å². The summed E-state index contributed by atoms with van der Waals surface area (Å²) in [7, 11) is 3.34. The van der Waals surface area contributed by atoms with Crippen molar-refractivity contribution in [2.45, 2.75) is 186 Å². The van der Waals surface area contributed by atoms with Crippen LogP contribution in [0.1, 0.15) is 101 Å². The number of hydrogen-bond acceptors (Lipinski definition) is 15. The van der Waals surface area contributed by atoms with Gasteiger partial charge in [-0.05, 0) is 67.9 Å². The number of ether oxygens (including phenoxy) is 6. The summed E-state index contributed by atoms with van der Waals surface area (Å²) in [5.41, 5.74) is -4.75. The summed E-state index contributed by atoms with van der Waals surface area (Å²) >= 11 is 0. The Hall–Kier alpha value is -1.94. The molecular formula is C40H70N2O13. The minimum absolute atomic E-state index is 0.0826. The van der Waals surface area contributed by atoms with Crippen LogP contribution in [0.2, 0.25) is 0 Å². The van der Waals surface area contributed by atoms with Gasteiger partial charge in [0.25, 0.3) is 0 Å². The number of oxime groups is 1. The molecule has 0 spiro atoms. The number of cyclic esters (lactones) is 1. The molecule has 1 unspecified atom stereocenters. The Labute approximate surface area is 327 Å². The first-order valence-electron chi connectivity index (χ1n) is 19.7. The van der Waals surface area contributed by atoms with Crippen LogP contribution in [0.25, 0.3) is 0 Å². The third kappa shape index (κ3) is 10.6. The second-order valence-electron chi connectivity index (χ2n) is 17.1. The van der Waals surface area contributed by atoms with Crippen molar-refractivity contribution >= 4 is 11.7 Å². The van der Waals surface area contributed by atoms with E-state index in [1.807, 2.05) is 18.9 Å². The topological polar surface area (TPSA) is 209 Å². The van der Waals surface area contributed by atoms with Crippen molar-refractivity contribution in [1.82, 2.24) is 4.90 Å². The number of carbonyl (C=O) groups excluding carboxylic acids is 1. The second-order valence-corrected chi connectivity index (χ2v) is 17.1. The van der Waals surface area contributed by atoms with E-state index in [1.165, 1.54) is 14.0 Å². The summed E-state index contributed by atoms with van der Waals surface area (Å²) in [6.07, 6.45) is -3.89. The molecule has 0 aromatic heterocycles. The number of aliphatic hydroxyl groups excluding tert-OH is 3. The third-order valence-corrected chi connectivity index (χ3v) is 12.5. The molecule has 3 aliphatic heterocycles. The number of methoxy groups -OCH3 is 1. The molecule has 15 heteroatoms. The Bertz CT molecular complexity index is 1320. The van der Waals surface area contributed by atoms with Crippen molar-refractivity contribution in [2.75, 3.05) is 20.7 Å². The number of nitrogens with zero attached hydrogens (tertiary/aromatic N) is 2. The van der Waals surface area contributed by atoms with E-state index in [0.717, 1.165) is 0 Å². The zero-order chi connectivity index (χ0) is 41.8. The van der Waals surface area contributed by atoms with Crippen LogP contribution in [0.15, 0.2) is 5.16 Å². The molecule has 55 heavy (non-hydrogen) atoms. The van der Waals surface area contributed by atoms with Gasteiger partial charge < -0.3 is 59.2 Å². The summed E-state index contributed by atoms with van der Waals surface area (Å²) in [6.45, 7) is 17.1. The summed E-state index contributed by atoms with van der Waals surface area (Å²) < 4.78 is 37.4. The van der Waals surface area contributed by atoms with Crippen molar-refractivity contribution in [2.24, 2.45) is 28.8 Å². The summed E-state index contributed by atoms with van der Waals surface area (Å²) in [4.78, 5) is 16.2. The maximum Gasteiger partial charge on any atom is 0.311 e. The average molecular weight is 787 g/mol. The molecular weight excluding hydrogens is 716 g/mol.